The van der Waals surface area contributed by atoms with E-state index in [1.54, 1.807) is 0 Å². The van der Waals surface area contributed by atoms with E-state index in [0.29, 0.717) is 5.69 Å². The van der Waals surface area contributed by atoms with E-state index >= 15 is 0 Å². The number of rotatable bonds is 5. The fourth-order valence-electron chi connectivity index (χ4n) is 1.78. The summed E-state index contributed by atoms with van der Waals surface area (Å²) in [5.74, 6) is 0.752. The van der Waals surface area contributed by atoms with Crippen LogP contribution in [0.5, 0.6) is 5.75 Å². The van der Waals surface area contributed by atoms with Gasteiger partial charge in [0.25, 0.3) is 0 Å². The number of anilines is 2. The third-order valence-corrected chi connectivity index (χ3v) is 3.04. The minimum absolute atomic E-state index is 0.151. The van der Waals surface area contributed by atoms with E-state index in [1.807, 2.05) is 61.5 Å². The Hall–Kier alpha value is -2.49. The second kappa shape index (κ2) is 7.33. The van der Waals surface area contributed by atoms with Gasteiger partial charge in [0.1, 0.15) is 5.75 Å². The molecule has 0 aliphatic carbocycles. The molecule has 2 rings (SSSR count). The van der Waals surface area contributed by atoms with E-state index in [4.69, 9.17) is 4.74 Å². The van der Waals surface area contributed by atoms with Crippen molar-refractivity contribution < 1.29 is 9.53 Å². The molecule has 21 heavy (non-hydrogen) atoms. The van der Waals surface area contributed by atoms with Crippen molar-refractivity contribution in [3.8, 4) is 5.75 Å². The second-order valence-corrected chi connectivity index (χ2v) is 4.81. The monoisotopic (exact) mass is 284 g/mol. The molecular formula is C17H20N2O2. The van der Waals surface area contributed by atoms with Crippen molar-refractivity contribution in [3.05, 3.63) is 54.6 Å². The number of nitrogens with one attached hydrogen (secondary N) is 2. The van der Waals surface area contributed by atoms with Gasteiger partial charge in [-0.1, -0.05) is 31.2 Å². The van der Waals surface area contributed by atoms with Crippen LogP contribution in [0.3, 0.4) is 0 Å². The number of carbonyl (C=O) groups excluding carboxylic acids is 1. The first-order valence-corrected chi connectivity index (χ1v) is 7.07. The number of amides is 2. The fourth-order valence-corrected chi connectivity index (χ4v) is 1.78. The van der Waals surface area contributed by atoms with Crippen molar-refractivity contribution >= 4 is 17.4 Å². The zero-order valence-corrected chi connectivity index (χ0v) is 12.3. The molecule has 0 saturated carbocycles. The van der Waals surface area contributed by atoms with Gasteiger partial charge in [0.15, 0.2) is 0 Å². The Bertz CT molecular complexity index is 584. The van der Waals surface area contributed by atoms with Gasteiger partial charge in [0.2, 0.25) is 0 Å². The molecule has 0 spiro atoms. The molecule has 2 aromatic rings. The molecule has 4 heteroatoms. The van der Waals surface area contributed by atoms with Crippen molar-refractivity contribution in [2.75, 3.05) is 10.6 Å². The molecule has 2 N–H and O–H groups in total. The summed E-state index contributed by atoms with van der Waals surface area (Å²) in [5.41, 5.74) is 1.45. The second-order valence-electron chi connectivity index (χ2n) is 4.81. The predicted octanol–water partition coefficient (Wildman–Crippen LogP) is 4.51. The van der Waals surface area contributed by atoms with Gasteiger partial charge in [-0.2, -0.15) is 0 Å². The number of ether oxygens (including phenoxy) is 1. The molecule has 1 atom stereocenters. The van der Waals surface area contributed by atoms with Crippen molar-refractivity contribution in [2.24, 2.45) is 0 Å². The van der Waals surface area contributed by atoms with Crippen molar-refractivity contribution in [1.29, 1.82) is 0 Å². The zero-order chi connectivity index (χ0) is 15.1. The highest BCUT2D eigenvalue weighted by atomic mass is 16.5. The van der Waals surface area contributed by atoms with E-state index in [-0.39, 0.29) is 12.1 Å². The lowest BCUT2D eigenvalue weighted by Crippen LogP contribution is -2.19. The molecule has 2 amide bonds. The molecule has 0 bridgehead atoms. The van der Waals surface area contributed by atoms with Crippen LogP contribution in [0.1, 0.15) is 20.3 Å². The topological polar surface area (TPSA) is 50.4 Å². The first-order chi connectivity index (χ1) is 10.2. The first-order valence-electron chi connectivity index (χ1n) is 7.07. The quantitative estimate of drug-likeness (QED) is 0.848. The summed E-state index contributed by atoms with van der Waals surface area (Å²) in [6, 6.07) is 16.4. The van der Waals surface area contributed by atoms with Crippen LogP contribution in [0, 0.1) is 0 Å². The Balaban J connectivity index is 1.96. The van der Waals surface area contributed by atoms with Crippen LogP contribution in [-0.2, 0) is 0 Å². The summed E-state index contributed by atoms with van der Waals surface area (Å²) in [4.78, 5) is 11.9. The first kappa shape index (κ1) is 14.9. The molecule has 0 aromatic heterocycles. The summed E-state index contributed by atoms with van der Waals surface area (Å²) in [5, 5.41) is 5.56. The van der Waals surface area contributed by atoms with Gasteiger partial charge in [-0.25, -0.2) is 4.79 Å². The van der Waals surface area contributed by atoms with Gasteiger partial charge < -0.3 is 15.4 Å². The Labute approximate surface area is 125 Å². The lowest BCUT2D eigenvalue weighted by atomic mass is 10.3. The summed E-state index contributed by atoms with van der Waals surface area (Å²) in [6.45, 7) is 4.09. The maximum Gasteiger partial charge on any atom is 0.323 e. The van der Waals surface area contributed by atoms with E-state index in [9.17, 15) is 4.79 Å². The highest BCUT2D eigenvalue weighted by Crippen LogP contribution is 2.19. The summed E-state index contributed by atoms with van der Waals surface area (Å²) in [7, 11) is 0. The van der Waals surface area contributed by atoms with Crippen LogP contribution < -0.4 is 15.4 Å². The number of hydrogen-bond acceptors (Lipinski definition) is 2. The molecule has 2 aromatic carbocycles. The Morgan fingerprint density at radius 1 is 1.05 bits per heavy atom. The molecule has 0 unspecified atom stereocenters. The summed E-state index contributed by atoms with van der Waals surface area (Å²) >= 11 is 0. The highest BCUT2D eigenvalue weighted by molar-refractivity contribution is 5.99. The van der Waals surface area contributed by atoms with Gasteiger partial charge >= 0.3 is 6.03 Å². The lowest BCUT2D eigenvalue weighted by molar-refractivity contribution is 0.217. The maximum atomic E-state index is 11.9. The van der Waals surface area contributed by atoms with Crippen LogP contribution in [0.25, 0.3) is 0 Å². The van der Waals surface area contributed by atoms with E-state index < -0.39 is 0 Å². The number of carbonyl (C=O) groups is 1. The molecule has 0 saturated heterocycles. The van der Waals surface area contributed by atoms with Crippen LogP contribution in [-0.4, -0.2) is 12.1 Å². The molecule has 0 fully saturated rings. The van der Waals surface area contributed by atoms with Crippen molar-refractivity contribution in [1.82, 2.24) is 0 Å². The standard InChI is InChI=1S/C17H20N2O2/c1-3-13(2)21-16-11-7-10-15(12-16)19-17(20)18-14-8-5-4-6-9-14/h4-13H,3H2,1-2H3,(H2,18,19,20)/t13-/m0/s1. The van der Waals surface area contributed by atoms with Crippen LogP contribution >= 0.6 is 0 Å². The maximum absolute atomic E-state index is 11.9. The molecule has 0 aliphatic heterocycles. The van der Waals surface area contributed by atoms with Crippen LogP contribution in [0.4, 0.5) is 16.2 Å². The number of hydrogen-bond donors (Lipinski definition) is 2. The average molecular weight is 284 g/mol. The number of urea groups is 1. The molecule has 4 nitrogen and oxygen atoms in total. The Morgan fingerprint density at radius 2 is 1.71 bits per heavy atom. The highest BCUT2D eigenvalue weighted by Gasteiger charge is 2.05. The van der Waals surface area contributed by atoms with Crippen LogP contribution in [0.2, 0.25) is 0 Å². The minimum atomic E-state index is -0.276. The summed E-state index contributed by atoms with van der Waals surface area (Å²) < 4.78 is 5.73. The van der Waals surface area contributed by atoms with Gasteiger partial charge in [-0.3, -0.25) is 0 Å². The predicted molar refractivity (Wildman–Crippen MR) is 85.9 cm³/mol. The normalized spacial score (nSPS) is 11.5. The summed E-state index contributed by atoms with van der Waals surface area (Å²) in [6.07, 6.45) is 1.09. The van der Waals surface area contributed by atoms with Gasteiger partial charge in [-0.15, -0.1) is 0 Å². The van der Waals surface area contributed by atoms with Crippen molar-refractivity contribution in [2.45, 2.75) is 26.4 Å². The molecule has 0 aliphatic rings. The smallest absolute Gasteiger partial charge is 0.323 e. The molecule has 0 heterocycles. The molecule has 110 valence electrons. The minimum Gasteiger partial charge on any atom is -0.491 e. The average Bonchev–Trinajstić information content (AvgIpc) is 2.48. The largest absolute Gasteiger partial charge is 0.491 e. The fraction of sp³-hybridized carbons (Fsp3) is 0.235. The number of para-hydroxylation sites is 1. The molecule has 0 radical (unpaired) electrons. The SMILES string of the molecule is CC[C@H](C)Oc1cccc(NC(=O)Nc2ccccc2)c1. The Morgan fingerprint density at radius 3 is 2.43 bits per heavy atom. The lowest BCUT2D eigenvalue weighted by Gasteiger charge is -2.14. The van der Waals surface area contributed by atoms with E-state index in [1.165, 1.54) is 0 Å². The molecular weight excluding hydrogens is 264 g/mol. The zero-order valence-electron chi connectivity index (χ0n) is 12.3. The van der Waals surface area contributed by atoms with Gasteiger partial charge in [0.05, 0.1) is 6.10 Å². The van der Waals surface area contributed by atoms with E-state index in [2.05, 4.69) is 17.6 Å². The van der Waals surface area contributed by atoms with Gasteiger partial charge in [-0.05, 0) is 37.6 Å². The van der Waals surface area contributed by atoms with E-state index in [0.717, 1.165) is 17.9 Å². The third kappa shape index (κ3) is 4.84. The number of benzene rings is 2. The van der Waals surface area contributed by atoms with Gasteiger partial charge in [0, 0.05) is 17.4 Å². The third-order valence-electron chi connectivity index (χ3n) is 3.04. The Kier molecular flexibility index (Phi) is 5.21. The van der Waals surface area contributed by atoms with Crippen molar-refractivity contribution in [3.63, 3.8) is 0 Å². The van der Waals surface area contributed by atoms with Crippen LogP contribution in [0.15, 0.2) is 54.6 Å².